The SMILES string of the molecule is Cc1cc(NC2CCN(S(=O)(=O)C3CCOCC3)CC2)c2cccc(F)c2n1. The van der Waals surface area contributed by atoms with Crippen molar-refractivity contribution in [3.8, 4) is 0 Å². The molecule has 3 heterocycles. The Hall–Kier alpha value is -1.77. The fraction of sp³-hybridized carbons (Fsp3) is 0.550. The smallest absolute Gasteiger partial charge is 0.217 e. The zero-order valence-corrected chi connectivity index (χ0v) is 16.8. The van der Waals surface area contributed by atoms with E-state index in [2.05, 4.69) is 10.3 Å². The van der Waals surface area contributed by atoms with Gasteiger partial charge in [0.1, 0.15) is 11.3 Å². The van der Waals surface area contributed by atoms with Crippen LogP contribution < -0.4 is 5.32 Å². The van der Waals surface area contributed by atoms with E-state index in [1.54, 1.807) is 10.4 Å². The molecule has 4 rings (SSSR count). The lowest BCUT2D eigenvalue weighted by atomic mass is 10.1. The van der Waals surface area contributed by atoms with E-state index in [0.29, 0.717) is 44.7 Å². The summed E-state index contributed by atoms with van der Waals surface area (Å²) in [5, 5.41) is 3.93. The Labute approximate surface area is 165 Å². The van der Waals surface area contributed by atoms with Crippen molar-refractivity contribution in [2.75, 3.05) is 31.6 Å². The van der Waals surface area contributed by atoms with Gasteiger partial charge in [-0.2, -0.15) is 0 Å². The van der Waals surface area contributed by atoms with Crippen molar-refractivity contribution in [1.29, 1.82) is 0 Å². The number of nitrogens with one attached hydrogen (secondary N) is 1. The van der Waals surface area contributed by atoms with Crippen molar-refractivity contribution in [3.05, 3.63) is 35.8 Å². The van der Waals surface area contributed by atoms with Crippen LogP contribution in [0.3, 0.4) is 0 Å². The van der Waals surface area contributed by atoms with Crippen molar-refractivity contribution < 1.29 is 17.5 Å². The zero-order valence-electron chi connectivity index (χ0n) is 16.0. The molecule has 0 unspecified atom stereocenters. The number of benzene rings is 1. The first kappa shape index (κ1) is 19.5. The second-order valence-electron chi connectivity index (χ2n) is 7.62. The molecule has 0 amide bonds. The van der Waals surface area contributed by atoms with Gasteiger partial charge in [0, 0.05) is 49.1 Å². The van der Waals surface area contributed by atoms with Crippen molar-refractivity contribution in [2.24, 2.45) is 0 Å². The van der Waals surface area contributed by atoms with Crippen LogP contribution in [-0.4, -0.2) is 55.3 Å². The number of aryl methyl sites for hydroxylation is 1. The van der Waals surface area contributed by atoms with Crippen LogP contribution in [0, 0.1) is 12.7 Å². The van der Waals surface area contributed by atoms with E-state index in [1.807, 2.05) is 19.1 Å². The van der Waals surface area contributed by atoms with Crippen LogP contribution in [0.15, 0.2) is 24.3 Å². The predicted molar refractivity (Wildman–Crippen MR) is 107 cm³/mol. The third-order valence-corrected chi connectivity index (χ3v) is 8.08. The van der Waals surface area contributed by atoms with Crippen LogP contribution in [-0.2, 0) is 14.8 Å². The molecule has 2 aliphatic heterocycles. The van der Waals surface area contributed by atoms with Gasteiger partial charge in [0.15, 0.2) is 0 Å². The number of hydrogen-bond acceptors (Lipinski definition) is 5. The number of aromatic nitrogens is 1. The van der Waals surface area contributed by atoms with E-state index in [-0.39, 0.29) is 17.1 Å². The van der Waals surface area contributed by atoms with E-state index in [0.717, 1.165) is 29.6 Å². The lowest BCUT2D eigenvalue weighted by Gasteiger charge is -2.35. The number of piperidine rings is 1. The van der Waals surface area contributed by atoms with Gasteiger partial charge in [-0.05, 0) is 44.7 Å². The van der Waals surface area contributed by atoms with Gasteiger partial charge in [0.05, 0.1) is 5.25 Å². The minimum Gasteiger partial charge on any atom is -0.382 e. The number of hydrogen-bond donors (Lipinski definition) is 1. The van der Waals surface area contributed by atoms with Gasteiger partial charge in [-0.15, -0.1) is 0 Å². The monoisotopic (exact) mass is 407 g/mol. The van der Waals surface area contributed by atoms with E-state index < -0.39 is 10.0 Å². The fourth-order valence-corrected chi connectivity index (χ4v) is 6.05. The molecule has 28 heavy (non-hydrogen) atoms. The number of pyridine rings is 1. The van der Waals surface area contributed by atoms with Crippen LogP contribution in [0.25, 0.3) is 10.9 Å². The standard InChI is InChI=1S/C20H26FN3O3S/c1-14-13-19(17-3-2-4-18(21)20(17)22-14)23-15-5-9-24(10-6-15)28(25,26)16-7-11-27-12-8-16/h2-4,13,15-16H,5-12H2,1H3,(H,22,23). The van der Waals surface area contributed by atoms with Gasteiger partial charge < -0.3 is 10.1 Å². The molecule has 2 aromatic rings. The maximum absolute atomic E-state index is 14.1. The summed E-state index contributed by atoms with van der Waals surface area (Å²) in [4.78, 5) is 4.31. The number of ether oxygens (including phenoxy) is 1. The van der Waals surface area contributed by atoms with Crippen LogP contribution in [0.4, 0.5) is 10.1 Å². The molecule has 1 aromatic carbocycles. The van der Waals surface area contributed by atoms with E-state index in [1.165, 1.54) is 6.07 Å². The highest BCUT2D eigenvalue weighted by atomic mass is 32.2. The maximum Gasteiger partial charge on any atom is 0.217 e. The second-order valence-corrected chi connectivity index (χ2v) is 9.83. The van der Waals surface area contributed by atoms with Crippen molar-refractivity contribution in [2.45, 2.75) is 43.9 Å². The maximum atomic E-state index is 14.1. The first-order valence-corrected chi connectivity index (χ1v) is 11.3. The molecular weight excluding hydrogens is 381 g/mol. The normalized spacial score (nSPS) is 20.5. The molecule has 0 saturated carbocycles. The summed E-state index contributed by atoms with van der Waals surface area (Å²) in [5.74, 6) is -0.332. The molecule has 2 fully saturated rings. The summed E-state index contributed by atoms with van der Waals surface area (Å²) < 4.78 is 46.8. The summed E-state index contributed by atoms with van der Waals surface area (Å²) in [5.41, 5.74) is 1.97. The molecule has 0 spiro atoms. The molecule has 152 valence electrons. The number of halogens is 1. The Kier molecular flexibility index (Phi) is 5.53. The minimum absolute atomic E-state index is 0.148. The average molecular weight is 408 g/mol. The lowest BCUT2D eigenvalue weighted by molar-refractivity contribution is 0.0969. The van der Waals surface area contributed by atoms with Gasteiger partial charge in [-0.3, -0.25) is 0 Å². The van der Waals surface area contributed by atoms with Gasteiger partial charge in [0.2, 0.25) is 10.0 Å². The molecule has 0 radical (unpaired) electrons. The quantitative estimate of drug-likeness (QED) is 0.843. The Morgan fingerprint density at radius 1 is 1.18 bits per heavy atom. The second kappa shape index (κ2) is 7.93. The van der Waals surface area contributed by atoms with Crippen LogP contribution in [0.2, 0.25) is 0 Å². The zero-order chi connectivity index (χ0) is 19.7. The molecule has 0 bridgehead atoms. The average Bonchev–Trinajstić information content (AvgIpc) is 2.70. The Morgan fingerprint density at radius 2 is 1.89 bits per heavy atom. The Morgan fingerprint density at radius 3 is 2.61 bits per heavy atom. The highest BCUT2D eigenvalue weighted by molar-refractivity contribution is 7.89. The number of nitrogens with zero attached hydrogens (tertiary/aromatic N) is 2. The topological polar surface area (TPSA) is 71.5 Å². The highest BCUT2D eigenvalue weighted by Crippen LogP contribution is 2.28. The summed E-state index contributed by atoms with van der Waals surface area (Å²) in [6.45, 7) is 3.90. The van der Waals surface area contributed by atoms with Crippen molar-refractivity contribution in [1.82, 2.24) is 9.29 Å². The molecule has 6 nitrogen and oxygen atoms in total. The molecule has 1 N–H and O–H groups in total. The first-order chi connectivity index (χ1) is 13.4. The van der Waals surface area contributed by atoms with Crippen LogP contribution in [0.5, 0.6) is 0 Å². The van der Waals surface area contributed by atoms with Crippen molar-refractivity contribution >= 4 is 26.6 Å². The summed E-state index contributed by atoms with van der Waals surface area (Å²) in [6, 6.07) is 7.03. The molecule has 0 atom stereocenters. The largest absolute Gasteiger partial charge is 0.382 e. The summed E-state index contributed by atoms with van der Waals surface area (Å²) >= 11 is 0. The number of anilines is 1. The highest BCUT2D eigenvalue weighted by Gasteiger charge is 2.35. The molecule has 0 aliphatic carbocycles. The fourth-order valence-electron chi connectivity index (χ4n) is 4.12. The minimum atomic E-state index is -3.26. The summed E-state index contributed by atoms with van der Waals surface area (Å²) in [6.07, 6.45) is 2.60. The van der Waals surface area contributed by atoms with E-state index in [9.17, 15) is 12.8 Å². The number of para-hydroxylation sites is 1. The van der Waals surface area contributed by atoms with Crippen LogP contribution >= 0.6 is 0 Å². The number of rotatable bonds is 4. The van der Waals surface area contributed by atoms with Gasteiger partial charge in [-0.25, -0.2) is 22.1 Å². The lowest BCUT2D eigenvalue weighted by Crippen LogP contribution is -2.47. The van der Waals surface area contributed by atoms with Crippen molar-refractivity contribution in [3.63, 3.8) is 0 Å². The third kappa shape index (κ3) is 3.86. The van der Waals surface area contributed by atoms with Gasteiger partial charge in [-0.1, -0.05) is 12.1 Å². The predicted octanol–water partition coefficient (Wildman–Crippen LogP) is 3.07. The molecular formula is C20H26FN3O3S. The number of fused-ring (bicyclic) bond motifs is 1. The van der Waals surface area contributed by atoms with E-state index >= 15 is 0 Å². The Balaban J connectivity index is 1.45. The molecule has 2 saturated heterocycles. The molecule has 1 aromatic heterocycles. The Bertz CT molecular complexity index is 953. The van der Waals surface area contributed by atoms with Gasteiger partial charge in [0.25, 0.3) is 0 Å². The third-order valence-electron chi connectivity index (χ3n) is 5.68. The number of sulfonamides is 1. The van der Waals surface area contributed by atoms with Crippen LogP contribution in [0.1, 0.15) is 31.4 Å². The molecule has 2 aliphatic rings. The van der Waals surface area contributed by atoms with Gasteiger partial charge >= 0.3 is 0 Å². The van der Waals surface area contributed by atoms with E-state index in [4.69, 9.17) is 4.74 Å². The molecule has 8 heteroatoms. The first-order valence-electron chi connectivity index (χ1n) is 9.84. The summed E-state index contributed by atoms with van der Waals surface area (Å²) in [7, 11) is -3.26.